The Kier molecular flexibility index (Phi) is 4.76. The molecule has 1 N–H and O–H groups in total. The van der Waals surface area contributed by atoms with E-state index < -0.39 is 28.5 Å². The Balaban J connectivity index is 1.72. The van der Waals surface area contributed by atoms with Crippen LogP contribution < -0.4 is 5.32 Å². The van der Waals surface area contributed by atoms with Crippen LogP contribution in [0, 0.1) is 11.6 Å². The fourth-order valence-corrected chi connectivity index (χ4v) is 2.72. The van der Waals surface area contributed by atoms with Crippen LogP contribution in [-0.4, -0.2) is 12.5 Å². The van der Waals surface area contributed by atoms with Crippen molar-refractivity contribution >= 4 is 28.3 Å². The summed E-state index contributed by atoms with van der Waals surface area (Å²) in [5.74, 6) is -2.62. The summed E-state index contributed by atoms with van der Waals surface area (Å²) in [5.41, 5.74) is 0.226. The standard InChI is InChI=1S/C19H14ClF2NO/c20-15(14-9-8-12-4-1-2-5-13(12)10-14)11-23-19(24)18-16(21)6-3-7-17(18)22/h1-10,15H,11H2,(H,23,24)/t15-/m1/s1. The minimum atomic E-state index is -0.899. The molecule has 0 saturated carbocycles. The summed E-state index contributed by atoms with van der Waals surface area (Å²) in [6.45, 7) is 0.0620. The molecular formula is C19H14ClF2NO. The number of carbonyl (C=O) groups excluding carboxylic acids is 1. The summed E-state index contributed by atoms with van der Waals surface area (Å²) in [7, 11) is 0. The number of halogens is 3. The highest BCUT2D eigenvalue weighted by Crippen LogP contribution is 2.24. The summed E-state index contributed by atoms with van der Waals surface area (Å²) in [5, 5.41) is 4.09. The smallest absolute Gasteiger partial charge is 0.257 e. The molecule has 0 unspecified atom stereocenters. The van der Waals surface area contributed by atoms with E-state index in [0.717, 1.165) is 28.5 Å². The first-order chi connectivity index (χ1) is 11.6. The third-order valence-corrected chi connectivity index (χ3v) is 4.17. The van der Waals surface area contributed by atoms with E-state index in [4.69, 9.17) is 11.6 Å². The molecule has 0 fully saturated rings. The minimum Gasteiger partial charge on any atom is -0.350 e. The first kappa shape index (κ1) is 16.4. The van der Waals surface area contributed by atoms with Crippen LogP contribution in [0.1, 0.15) is 21.3 Å². The van der Waals surface area contributed by atoms with E-state index in [1.165, 1.54) is 6.07 Å². The number of hydrogen-bond acceptors (Lipinski definition) is 1. The molecule has 0 radical (unpaired) electrons. The molecule has 1 amide bonds. The first-order valence-corrected chi connectivity index (χ1v) is 7.85. The zero-order valence-corrected chi connectivity index (χ0v) is 13.4. The van der Waals surface area contributed by atoms with Crippen LogP contribution in [0.3, 0.4) is 0 Å². The average molecular weight is 346 g/mol. The highest BCUT2D eigenvalue weighted by molar-refractivity contribution is 6.21. The summed E-state index contributed by atoms with van der Waals surface area (Å²) in [6, 6.07) is 16.9. The van der Waals surface area contributed by atoms with Gasteiger partial charge < -0.3 is 5.32 Å². The number of alkyl halides is 1. The van der Waals surface area contributed by atoms with E-state index in [1.807, 2.05) is 42.5 Å². The van der Waals surface area contributed by atoms with E-state index in [2.05, 4.69) is 5.32 Å². The molecule has 0 aliphatic rings. The zero-order chi connectivity index (χ0) is 17.1. The summed E-state index contributed by atoms with van der Waals surface area (Å²) in [4.78, 5) is 12.0. The third-order valence-electron chi connectivity index (χ3n) is 3.77. The van der Waals surface area contributed by atoms with E-state index in [9.17, 15) is 13.6 Å². The monoisotopic (exact) mass is 345 g/mol. The van der Waals surface area contributed by atoms with Gasteiger partial charge in [0.15, 0.2) is 0 Å². The van der Waals surface area contributed by atoms with Gasteiger partial charge in [-0.2, -0.15) is 0 Å². The van der Waals surface area contributed by atoms with Crippen molar-refractivity contribution in [1.82, 2.24) is 5.32 Å². The quantitative estimate of drug-likeness (QED) is 0.674. The number of benzene rings is 3. The second-order valence-electron chi connectivity index (χ2n) is 5.38. The van der Waals surface area contributed by atoms with Crippen molar-refractivity contribution < 1.29 is 13.6 Å². The van der Waals surface area contributed by atoms with E-state index in [1.54, 1.807) is 0 Å². The van der Waals surface area contributed by atoms with Crippen LogP contribution in [0.5, 0.6) is 0 Å². The number of nitrogens with one attached hydrogen (secondary N) is 1. The molecule has 122 valence electrons. The fourth-order valence-electron chi connectivity index (χ4n) is 2.51. The van der Waals surface area contributed by atoms with Crippen molar-refractivity contribution in [3.8, 4) is 0 Å². The molecule has 1 atom stereocenters. The lowest BCUT2D eigenvalue weighted by Gasteiger charge is -2.13. The second kappa shape index (κ2) is 6.97. The maximum atomic E-state index is 13.6. The predicted molar refractivity (Wildman–Crippen MR) is 91.2 cm³/mol. The lowest BCUT2D eigenvalue weighted by Crippen LogP contribution is -2.28. The van der Waals surface area contributed by atoms with E-state index >= 15 is 0 Å². The van der Waals surface area contributed by atoms with Gasteiger partial charge in [-0.3, -0.25) is 4.79 Å². The van der Waals surface area contributed by atoms with Gasteiger partial charge in [0.2, 0.25) is 0 Å². The summed E-state index contributed by atoms with van der Waals surface area (Å²) in [6.07, 6.45) is 0. The van der Waals surface area contributed by atoms with Crippen molar-refractivity contribution in [2.24, 2.45) is 0 Å². The molecule has 24 heavy (non-hydrogen) atoms. The van der Waals surface area contributed by atoms with Crippen molar-refractivity contribution in [3.63, 3.8) is 0 Å². The molecule has 0 aromatic heterocycles. The Morgan fingerprint density at radius 1 is 0.958 bits per heavy atom. The van der Waals surface area contributed by atoms with Gasteiger partial charge in [0, 0.05) is 6.54 Å². The number of carbonyl (C=O) groups is 1. The molecule has 0 aliphatic heterocycles. The Hall–Kier alpha value is -2.46. The normalized spacial score (nSPS) is 12.1. The molecule has 0 heterocycles. The van der Waals surface area contributed by atoms with Crippen LogP contribution in [0.2, 0.25) is 0 Å². The highest BCUT2D eigenvalue weighted by atomic mass is 35.5. The molecule has 3 rings (SSSR count). The molecule has 3 aromatic rings. The predicted octanol–water partition coefficient (Wildman–Crippen LogP) is 4.83. The molecule has 5 heteroatoms. The summed E-state index contributed by atoms with van der Waals surface area (Å²) >= 11 is 6.32. The van der Waals surface area contributed by atoms with Gasteiger partial charge in [-0.05, 0) is 34.5 Å². The largest absolute Gasteiger partial charge is 0.350 e. The number of amides is 1. The van der Waals surface area contributed by atoms with Gasteiger partial charge in [-0.1, -0.05) is 42.5 Å². The molecular weight excluding hydrogens is 332 g/mol. The van der Waals surface area contributed by atoms with Crippen molar-refractivity contribution in [2.45, 2.75) is 5.38 Å². The number of fused-ring (bicyclic) bond motifs is 1. The van der Waals surface area contributed by atoms with Gasteiger partial charge in [-0.25, -0.2) is 8.78 Å². The second-order valence-corrected chi connectivity index (χ2v) is 5.91. The molecule has 0 spiro atoms. The Morgan fingerprint density at radius 3 is 2.33 bits per heavy atom. The summed E-state index contributed by atoms with van der Waals surface area (Å²) < 4.78 is 27.2. The highest BCUT2D eigenvalue weighted by Gasteiger charge is 2.18. The van der Waals surface area contributed by atoms with Gasteiger partial charge in [0.05, 0.1) is 5.38 Å². The fraction of sp³-hybridized carbons (Fsp3) is 0.105. The average Bonchev–Trinajstić information content (AvgIpc) is 2.59. The Labute approximate surface area is 143 Å². The molecule has 0 aliphatic carbocycles. The molecule has 0 saturated heterocycles. The van der Waals surface area contributed by atoms with E-state index in [0.29, 0.717) is 0 Å². The number of rotatable bonds is 4. The van der Waals surface area contributed by atoms with Gasteiger partial charge >= 0.3 is 0 Å². The first-order valence-electron chi connectivity index (χ1n) is 7.41. The van der Waals surface area contributed by atoms with Crippen molar-refractivity contribution in [1.29, 1.82) is 0 Å². The lowest BCUT2D eigenvalue weighted by molar-refractivity contribution is 0.0945. The topological polar surface area (TPSA) is 29.1 Å². The van der Waals surface area contributed by atoms with Crippen molar-refractivity contribution in [3.05, 3.63) is 83.4 Å². The zero-order valence-electron chi connectivity index (χ0n) is 12.6. The van der Waals surface area contributed by atoms with Crippen molar-refractivity contribution in [2.75, 3.05) is 6.54 Å². The van der Waals surface area contributed by atoms with Crippen LogP contribution in [0.4, 0.5) is 8.78 Å². The lowest BCUT2D eigenvalue weighted by atomic mass is 10.0. The van der Waals surface area contributed by atoms with Gasteiger partial charge in [0.1, 0.15) is 17.2 Å². The van der Waals surface area contributed by atoms with E-state index in [-0.39, 0.29) is 6.54 Å². The van der Waals surface area contributed by atoms with Gasteiger partial charge in [0.25, 0.3) is 5.91 Å². The third kappa shape index (κ3) is 3.39. The minimum absolute atomic E-state index is 0.0620. The molecule has 0 bridgehead atoms. The molecule has 3 aromatic carbocycles. The van der Waals surface area contributed by atoms with Crippen LogP contribution >= 0.6 is 11.6 Å². The Morgan fingerprint density at radius 2 is 1.62 bits per heavy atom. The maximum absolute atomic E-state index is 13.6. The van der Waals surface area contributed by atoms with Crippen LogP contribution in [0.25, 0.3) is 10.8 Å². The maximum Gasteiger partial charge on any atom is 0.257 e. The Bertz CT molecular complexity index is 877. The van der Waals surface area contributed by atoms with Crippen LogP contribution in [-0.2, 0) is 0 Å². The SMILES string of the molecule is O=C(NC[C@@H](Cl)c1ccc2ccccc2c1)c1c(F)cccc1F. The van der Waals surface area contributed by atoms with Crippen LogP contribution in [0.15, 0.2) is 60.7 Å². The molecule has 2 nitrogen and oxygen atoms in total. The van der Waals surface area contributed by atoms with Gasteiger partial charge in [-0.15, -0.1) is 11.6 Å². The number of hydrogen-bond donors (Lipinski definition) is 1.